The summed E-state index contributed by atoms with van der Waals surface area (Å²) in [6, 6.07) is 5.39. The minimum absolute atomic E-state index is 0.0876. The fourth-order valence-corrected chi connectivity index (χ4v) is 2.86. The van der Waals surface area contributed by atoms with E-state index in [1.807, 2.05) is 19.1 Å². The van der Waals surface area contributed by atoms with Gasteiger partial charge in [-0.15, -0.1) is 0 Å². The standard InChI is InChI=1S/C17H27BrFNO/c1-5-9-20-16(17(12(3)4)21-6-2)10-13-7-8-14(18)11-15(13)19/h7-8,11-12,16-17,20H,5-6,9-10H2,1-4H3. The van der Waals surface area contributed by atoms with E-state index in [4.69, 9.17) is 4.74 Å². The van der Waals surface area contributed by atoms with Crippen molar-refractivity contribution >= 4 is 15.9 Å². The molecule has 0 saturated carbocycles. The van der Waals surface area contributed by atoms with Crippen LogP contribution in [0.15, 0.2) is 22.7 Å². The van der Waals surface area contributed by atoms with Crippen molar-refractivity contribution in [2.75, 3.05) is 13.2 Å². The Balaban J connectivity index is 2.89. The van der Waals surface area contributed by atoms with Gasteiger partial charge in [0.15, 0.2) is 0 Å². The molecule has 0 amide bonds. The second kappa shape index (κ2) is 9.54. The van der Waals surface area contributed by atoms with Gasteiger partial charge < -0.3 is 10.1 Å². The highest BCUT2D eigenvalue weighted by molar-refractivity contribution is 9.10. The number of ether oxygens (including phenoxy) is 1. The zero-order chi connectivity index (χ0) is 15.8. The van der Waals surface area contributed by atoms with Crippen LogP contribution in [0.1, 0.15) is 39.7 Å². The minimum atomic E-state index is -0.160. The molecule has 120 valence electrons. The van der Waals surface area contributed by atoms with Gasteiger partial charge in [-0.3, -0.25) is 0 Å². The van der Waals surface area contributed by atoms with E-state index in [0.717, 1.165) is 23.0 Å². The van der Waals surface area contributed by atoms with Gasteiger partial charge in [0.1, 0.15) is 5.82 Å². The van der Waals surface area contributed by atoms with Crippen molar-refractivity contribution in [3.63, 3.8) is 0 Å². The van der Waals surface area contributed by atoms with Gasteiger partial charge in [-0.25, -0.2) is 4.39 Å². The van der Waals surface area contributed by atoms with Gasteiger partial charge in [0.05, 0.1) is 6.10 Å². The van der Waals surface area contributed by atoms with Crippen LogP contribution in [0.3, 0.4) is 0 Å². The molecular weight excluding hydrogens is 333 g/mol. The fourth-order valence-electron chi connectivity index (χ4n) is 2.52. The molecule has 0 heterocycles. The van der Waals surface area contributed by atoms with Gasteiger partial charge in [0.2, 0.25) is 0 Å². The molecule has 1 N–H and O–H groups in total. The molecule has 1 aromatic carbocycles. The SMILES string of the molecule is CCCNC(Cc1ccc(Br)cc1F)C(OCC)C(C)C. The zero-order valence-corrected chi connectivity index (χ0v) is 15.0. The van der Waals surface area contributed by atoms with Crippen LogP contribution in [-0.4, -0.2) is 25.3 Å². The predicted molar refractivity (Wildman–Crippen MR) is 90.1 cm³/mol. The molecule has 1 rings (SSSR count). The Kier molecular flexibility index (Phi) is 8.45. The molecule has 0 aliphatic rings. The van der Waals surface area contributed by atoms with E-state index in [1.54, 1.807) is 0 Å². The molecule has 0 fully saturated rings. The topological polar surface area (TPSA) is 21.3 Å². The maximum atomic E-state index is 14.1. The van der Waals surface area contributed by atoms with E-state index < -0.39 is 0 Å². The molecule has 0 aliphatic heterocycles. The van der Waals surface area contributed by atoms with Gasteiger partial charge in [0, 0.05) is 17.1 Å². The maximum absolute atomic E-state index is 14.1. The van der Waals surface area contributed by atoms with Crippen LogP contribution in [0.5, 0.6) is 0 Å². The molecule has 0 spiro atoms. The second-order valence-corrected chi connectivity index (χ2v) is 6.58. The zero-order valence-electron chi connectivity index (χ0n) is 13.5. The first-order valence-corrected chi connectivity index (χ1v) is 8.57. The fraction of sp³-hybridized carbons (Fsp3) is 0.647. The van der Waals surface area contributed by atoms with Crippen molar-refractivity contribution in [3.8, 4) is 0 Å². The van der Waals surface area contributed by atoms with Crippen LogP contribution in [0, 0.1) is 11.7 Å². The molecule has 1 aromatic rings. The molecular formula is C17H27BrFNO. The minimum Gasteiger partial charge on any atom is -0.377 e. The molecule has 4 heteroatoms. The summed E-state index contributed by atoms with van der Waals surface area (Å²) < 4.78 is 20.8. The summed E-state index contributed by atoms with van der Waals surface area (Å²) in [4.78, 5) is 0. The molecule has 2 atom stereocenters. The van der Waals surface area contributed by atoms with E-state index in [0.29, 0.717) is 18.9 Å². The predicted octanol–water partition coefficient (Wildman–Crippen LogP) is 4.56. The van der Waals surface area contributed by atoms with Crippen LogP contribution in [0.25, 0.3) is 0 Å². The molecule has 0 saturated heterocycles. The largest absolute Gasteiger partial charge is 0.377 e. The Morgan fingerprint density at radius 3 is 2.52 bits per heavy atom. The van der Waals surface area contributed by atoms with Crippen molar-refractivity contribution in [1.29, 1.82) is 0 Å². The van der Waals surface area contributed by atoms with Crippen molar-refractivity contribution in [3.05, 3.63) is 34.1 Å². The summed E-state index contributed by atoms with van der Waals surface area (Å²) >= 11 is 3.30. The van der Waals surface area contributed by atoms with E-state index >= 15 is 0 Å². The lowest BCUT2D eigenvalue weighted by Crippen LogP contribution is -2.46. The van der Waals surface area contributed by atoms with Crippen molar-refractivity contribution in [2.24, 2.45) is 5.92 Å². The first-order valence-electron chi connectivity index (χ1n) is 7.78. The van der Waals surface area contributed by atoms with Gasteiger partial charge in [0.25, 0.3) is 0 Å². The Morgan fingerprint density at radius 1 is 1.29 bits per heavy atom. The van der Waals surface area contributed by atoms with Crippen LogP contribution < -0.4 is 5.32 Å². The Labute approximate surface area is 136 Å². The third-order valence-corrected chi connectivity index (χ3v) is 4.02. The third kappa shape index (κ3) is 6.05. The van der Waals surface area contributed by atoms with Gasteiger partial charge in [-0.1, -0.05) is 42.8 Å². The van der Waals surface area contributed by atoms with Crippen molar-refractivity contribution < 1.29 is 9.13 Å². The van der Waals surface area contributed by atoms with Crippen LogP contribution in [0.4, 0.5) is 4.39 Å². The molecule has 2 unspecified atom stereocenters. The molecule has 0 radical (unpaired) electrons. The molecule has 21 heavy (non-hydrogen) atoms. The number of rotatable bonds is 9. The first kappa shape index (κ1) is 18.6. The summed E-state index contributed by atoms with van der Waals surface area (Å²) in [7, 11) is 0. The van der Waals surface area contributed by atoms with Crippen molar-refractivity contribution in [1.82, 2.24) is 5.32 Å². The highest BCUT2D eigenvalue weighted by Gasteiger charge is 2.25. The number of halogens is 2. The number of nitrogens with one attached hydrogen (secondary N) is 1. The van der Waals surface area contributed by atoms with Crippen LogP contribution >= 0.6 is 15.9 Å². The quantitative estimate of drug-likeness (QED) is 0.697. The maximum Gasteiger partial charge on any atom is 0.127 e. The van der Waals surface area contributed by atoms with E-state index in [1.165, 1.54) is 6.07 Å². The number of hydrogen-bond acceptors (Lipinski definition) is 2. The molecule has 0 aromatic heterocycles. The summed E-state index contributed by atoms with van der Waals surface area (Å²) in [5.74, 6) is 0.226. The summed E-state index contributed by atoms with van der Waals surface area (Å²) in [6.45, 7) is 10.0. The smallest absolute Gasteiger partial charge is 0.127 e. The third-order valence-electron chi connectivity index (χ3n) is 3.52. The highest BCUT2D eigenvalue weighted by Crippen LogP contribution is 2.20. The highest BCUT2D eigenvalue weighted by atomic mass is 79.9. The number of hydrogen-bond donors (Lipinski definition) is 1. The lowest BCUT2D eigenvalue weighted by molar-refractivity contribution is 0.00345. The van der Waals surface area contributed by atoms with Crippen molar-refractivity contribution in [2.45, 2.75) is 52.7 Å². The molecule has 0 aliphatic carbocycles. The van der Waals surface area contributed by atoms with E-state index in [2.05, 4.69) is 42.0 Å². The Morgan fingerprint density at radius 2 is 2.00 bits per heavy atom. The van der Waals surface area contributed by atoms with E-state index in [9.17, 15) is 4.39 Å². The van der Waals surface area contributed by atoms with Gasteiger partial charge in [-0.05, 0) is 49.9 Å². The van der Waals surface area contributed by atoms with Gasteiger partial charge in [-0.2, -0.15) is 0 Å². The lowest BCUT2D eigenvalue weighted by Gasteiger charge is -2.31. The molecule has 0 bridgehead atoms. The number of benzene rings is 1. The van der Waals surface area contributed by atoms with Gasteiger partial charge >= 0.3 is 0 Å². The summed E-state index contributed by atoms with van der Waals surface area (Å²) in [5, 5.41) is 3.52. The van der Waals surface area contributed by atoms with Crippen LogP contribution in [-0.2, 0) is 11.2 Å². The molecule has 2 nitrogen and oxygen atoms in total. The first-order chi connectivity index (χ1) is 9.99. The summed E-state index contributed by atoms with van der Waals surface area (Å²) in [6.07, 6.45) is 1.78. The Hall–Kier alpha value is -0.450. The van der Waals surface area contributed by atoms with E-state index in [-0.39, 0.29) is 18.0 Å². The summed E-state index contributed by atoms with van der Waals surface area (Å²) in [5.41, 5.74) is 0.733. The second-order valence-electron chi connectivity index (χ2n) is 5.66. The Bertz CT molecular complexity index is 425. The lowest BCUT2D eigenvalue weighted by atomic mass is 9.93. The van der Waals surface area contributed by atoms with Crippen LogP contribution in [0.2, 0.25) is 0 Å². The average Bonchev–Trinajstić information content (AvgIpc) is 2.43. The normalized spacial score (nSPS) is 14.4. The average molecular weight is 360 g/mol. The monoisotopic (exact) mass is 359 g/mol.